The highest BCUT2D eigenvalue weighted by Crippen LogP contribution is 2.26. The summed E-state index contributed by atoms with van der Waals surface area (Å²) in [4.78, 5) is 13.8. The Labute approximate surface area is 104 Å². The highest BCUT2D eigenvalue weighted by atomic mass is 16.6. The molecule has 4 heteroatoms. The second-order valence-corrected chi connectivity index (χ2v) is 5.95. The van der Waals surface area contributed by atoms with E-state index in [9.17, 15) is 9.90 Å². The third-order valence-corrected chi connectivity index (χ3v) is 3.24. The van der Waals surface area contributed by atoms with E-state index in [1.165, 1.54) is 0 Å². The molecular weight excluding hydrogens is 218 g/mol. The molecule has 0 aromatic carbocycles. The van der Waals surface area contributed by atoms with Crippen molar-refractivity contribution in [1.29, 1.82) is 0 Å². The fourth-order valence-electron chi connectivity index (χ4n) is 2.20. The van der Waals surface area contributed by atoms with Gasteiger partial charge in [-0.15, -0.1) is 0 Å². The van der Waals surface area contributed by atoms with Gasteiger partial charge in [0.15, 0.2) is 0 Å². The Morgan fingerprint density at radius 2 is 2.06 bits per heavy atom. The molecule has 1 fully saturated rings. The van der Waals surface area contributed by atoms with Crippen molar-refractivity contribution in [3.63, 3.8) is 0 Å². The Balaban J connectivity index is 2.66. The number of nitrogens with zero attached hydrogens (tertiary/aromatic N) is 1. The molecule has 0 aromatic rings. The summed E-state index contributed by atoms with van der Waals surface area (Å²) in [5.74, 6) is 0.165. The van der Waals surface area contributed by atoms with Crippen molar-refractivity contribution in [3.05, 3.63) is 0 Å². The third-order valence-electron chi connectivity index (χ3n) is 3.24. The standard InChI is InChI=1S/C13H25NO3/c1-6-10-8-14(9(2)7-11(10)15)12(16)17-13(3,4)5/h9-11,15H,6-8H2,1-5H3/t9-,10+,11-/m0/s1. The molecule has 17 heavy (non-hydrogen) atoms. The zero-order valence-corrected chi connectivity index (χ0v) is 11.6. The molecule has 100 valence electrons. The average molecular weight is 243 g/mol. The highest BCUT2D eigenvalue weighted by molar-refractivity contribution is 5.68. The van der Waals surface area contributed by atoms with Gasteiger partial charge in [0.05, 0.1) is 6.10 Å². The monoisotopic (exact) mass is 243 g/mol. The lowest BCUT2D eigenvalue weighted by Crippen LogP contribution is -2.52. The molecule has 0 saturated carbocycles. The molecule has 0 unspecified atom stereocenters. The first-order chi connectivity index (χ1) is 7.74. The number of ether oxygens (including phenoxy) is 1. The normalized spacial score (nSPS) is 30.2. The number of amides is 1. The van der Waals surface area contributed by atoms with Crippen molar-refractivity contribution in [2.45, 2.75) is 65.2 Å². The second-order valence-electron chi connectivity index (χ2n) is 5.95. The van der Waals surface area contributed by atoms with Gasteiger partial charge >= 0.3 is 6.09 Å². The van der Waals surface area contributed by atoms with E-state index >= 15 is 0 Å². The lowest BCUT2D eigenvalue weighted by Gasteiger charge is -2.41. The van der Waals surface area contributed by atoms with Crippen molar-refractivity contribution in [1.82, 2.24) is 4.90 Å². The largest absolute Gasteiger partial charge is 0.444 e. The lowest BCUT2D eigenvalue weighted by atomic mass is 9.89. The van der Waals surface area contributed by atoms with Crippen LogP contribution in [0.2, 0.25) is 0 Å². The van der Waals surface area contributed by atoms with Crippen LogP contribution in [0.1, 0.15) is 47.5 Å². The molecule has 0 spiro atoms. The van der Waals surface area contributed by atoms with E-state index in [4.69, 9.17) is 4.74 Å². The molecule has 1 heterocycles. The van der Waals surface area contributed by atoms with Crippen LogP contribution in [0.25, 0.3) is 0 Å². The van der Waals surface area contributed by atoms with E-state index in [0.717, 1.165) is 6.42 Å². The molecule has 4 nitrogen and oxygen atoms in total. The molecule has 1 aliphatic rings. The predicted octanol–water partition coefficient (Wildman–Crippen LogP) is 2.40. The number of carbonyl (C=O) groups is 1. The van der Waals surface area contributed by atoms with Crippen LogP contribution in [0, 0.1) is 5.92 Å². The van der Waals surface area contributed by atoms with Gasteiger partial charge in [0.2, 0.25) is 0 Å². The number of aliphatic hydroxyl groups is 1. The van der Waals surface area contributed by atoms with Crippen molar-refractivity contribution in [2.75, 3.05) is 6.54 Å². The summed E-state index contributed by atoms with van der Waals surface area (Å²) >= 11 is 0. The summed E-state index contributed by atoms with van der Waals surface area (Å²) in [7, 11) is 0. The number of aliphatic hydroxyl groups excluding tert-OH is 1. The second kappa shape index (κ2) is 5.25. The first kappa shape index (κ1) is 14.3. The molecule has 3 atom stereocenters. The Morgan fingerprint density at radius 1 is 1.47 bits per heavy atom. The topological polar surface area (TPSA) is 49.8 Å². The van der Waals surface area contributed by atoms with Gasteiger partial charge in [0.25, 0.3) is 0 Å². The molecule has 1 N–H and O–H groups in total. The number of likely N-dealkylation sites (tertiary alicyclic amines) is 1. The summed E-state index contributed by atoms with van der Waals surface area (Å²) in [6, 6.07) is 0.0441. The van der Waals surface area contributed by atoms with Crippen LogP contribution in [0.15, 0.2) is 0 Å². The average Bonchev–Trinajstić information content (AvgIpc) is 2.14. The minimum absolute atomic E-state index is 0.0441. The maximum Gasteiger partial charge on any atom is 0.410 e. The highest BCUT2D eigenvalue weighted by Gasteiger charge is 2.35. The molecule has 1 rings (SSSR count). The third kappa shape index (κ3) is 3.87. The maximum atomic E-state index is 12.0. The Kier molecular flexibility index (Phi) is 4.42. The number of hydrogen-bond donors (Lipinski definition) is 1. The van der Waals surface area contributed by atoms with Gasteiger partial charge in [-0.25, -0.2) is 4.79 Å². The van der Waals surface area contributed by atoms with Crippen molar-refractivity contribution in [2.24, 2.45) is 5.92 Å². The minimum Gasteiger partial charge on any atom is -0.444 e. The van der Waals surface area contributed by atoms with E-state index in [1.807, 2.05) is 34.6 Å². The fraction of sp³-hybridized carbons (Fsp3) is 0.923. The molecule has 0 aromatic heterocycles. The van der Waals surface area contributed by atoms with Gasteiger partial charge < -0.3 is 14.7 Å². The van der Waals surface area contributed by atoms with E-state index < -0.39 is 5.60 Å². The zero-order valence-electron chi connectivity index (χ0n) is 11.6. The Hall–Kier alpha value is -0.770. The number of carbonyl (C=O) groups excluding carboxylic acids is 1. The fourth-order valence-corrected chi connectivity index (χ4v) is 2.20. The smallest absolute Gasteiger partial charge is 0.410 e. The summed E-state index contributed by atoms with van der Waals surface area (Å²) in [6.07, 6.45) is 0.953. The molecule has 1 amide bonds. The lowest BCUT2D eigenvalue weighted by molar-refractivity contribution is -0.0271. The van der Waals surface area contributed by atoms with Gasteiger partial charge in [-0.2, -0.15) is 0 Å². The van der Waals surface area contributed by atoms with Crippen LogP contribution in [-0.2, 0) is 4.74 Å². The summed E-state index contributed by atoms with van der Waals surface area (Å²) in [5.41, 5.74) is -0.464. The Bertz CT molecular complexity index is 272. The van der Waals surface area contributed by atoms with E-state index in [-0.39, 0.29) is 24.2 Å². The predicted molar refractivity (Wildman–Crippen MR) is 66.8 cm³/mol. The van der Waals surface area contributed by atoms with Gasteiger partial charge in [0, 0.05) is 18.5 Å². The van der Waals surface area contributed by atoms with Gasteiger partial charge in [-0.05, 0) is 40.5 Å². The Morgan fingerprint density at radius 3 is 2.53 bits per heavy atom. The van der Waals surface area contributed by atoms with Crippen LogP contribution < -0.4 is 0 Å². The molecule has 0 bridgehead atoms. The zero-order chi connectivity index (χ0) is 13.2. The van der Waals surface area contributed by atoms with Crippen LogP contribution in [0.5, 0.6) is 0 Å². The number of rotatable bonds is 1. The number of hydrogen-bond acceptors (Lipinski definition) is 3. The van der Waals surface area contributed by atoms with Crippen molar-refractivity contribution < 1.29 is 14.6 Å². The minimum atomic E-state index is -0.464. The van der Waals surface area contributed by atoms with Crippen LogP contribution in [-0.4, -0.2) is 40.4 Å². The van der Waals surface area contributed by atoms with Crippen molar-refractivity contribution in [3.8, 4) is 0 Å². The van der Waals surface area contributed by atoms with E-state index in [2.05, 4.69) is 0 Å². The first-order valence-corrected chi connectivity index (χ1v) is 6.42. The molecular formula is C13H25NO3. The van der Waals surface area contributed by atoms with E-state index in [1.54, 1.807) is 4.90 Å². The molecule has 0 aliphatic carbocycles. The molecule has 1 aliphatic heterocycles. The number of piperidine rings is 1. The summed E-state index contributed by atoms with van der Waals surface area (Å²) in [5, 5.41) is 9.89. The van der Waals surface area contributed by atoms with Gasteiger partial charge in [0.1, 0.15) is 5.60 Å². The first-order valence-electron chi connectivity index (χ1n) is 6.42. The SMILES string of the molecule is CC[C@@H]1CN(C(=O)OC(C)(C)C)[C@@H](C)C[C@@H]1O. The summed E-state index contributed by atoms with van der Waals surface area (Å²) in [6.45, 7) is 10.2. The van der Waals surface area contributed by atoms with Crippen LogP contribution in [0.4, 0.5) is 4.79 Å². The van der Waals surface area contributed by atoms with E-state index in [0.29, 0.717) is 13.0 Å². The van der Waals surface area contributed by atoms with Crippen LogP contribution >= 0.6 is 0 Å². The quantitative estimate of drug-likeness (QED) is 0.769. The maximum absolute atomic E-state index is 12.0. The molecule has 0 radical (unpaired) electrons. The van der Waals surface area contributed by atoms with Crippen molar-refractivity contribution >= 4 is 6.09 Å². The molecule has 1 saturated heterocycles. The van der Waals surface area contributed by atoms with Gasteiger partial charge in [-0.1, -0.05) is 6.92 Å². The summed E-state index contributed by atoms with van der Waals surface area (Å²) < 4.78 is 5.38. The van der Waals surface area contributed by atoms with Crippen LogP contribution in [0.3, 0.4) is 0 Å². The van der Waals surface area contributed by atoms with Gasteiger partial charge in [-0.3, -0.25) is 0 Å².